The summed E-state index contributed by atoms with van der Waals surface area (Å²) in [5, 5.41) is 3.65. The van der Waals surface area contributed by atoms with Crippen LogP contribution >= 0.6 is 0 Å². The number of nitrogens with zero attached hydrogens (tertiary/aromatic N) is 2. The third-order valence-electron chi connectivity index (χ3n) is 4.49. The van der Waals surface area contributed by atoms with Gasteiger partial charge in [-0.05, 0) is 85.7 Å². The smallest absolute Gasteiger partial charge is 0.00766 e. The molecule has 0 saturated carbocycles. The molecular weight excluding hydrogens is 234 g/mol. The lowest BCUT2D eigenvalue weighted by atomic mass is 10.1. The normalized spacial score (nSPS) is 22.7. The van der Waals surface area contributed by atoms with Gasteiger partial charge in [0, 0.05) is 12.1 Å². The maximum absolute atomic E-state index is 3.65. The monoisotopic (exact) mass is 269 g/mol. The Kier molecular flexibility index (Phi) is 8.67. The van der Waals surface area contributed by atoms with Crippen LogP contribution in [0.2, 0.25) is 0 Å². The topological polar surface area (TPSA) is 18.5 Å². The van der Waals surface area contributed by atoms with Crippen molar-refractivity contribution in [2.45, 2.75) is 65.0 Å². The SMILES string of the molecule is CCC1CCN(CCCCN(C)C(C)C)CCCN1. The van der Waals surface area contributed by atoms with Gasteiger partial charge in [-0.25, -0.2) is 0 Å². The Morgan fingerprint density at radius 1 is 1.26 bits per heavy atom. The Bertz CT molecular complexity index is 218. The van der Waals surface area contributed by atoms with E-state index in [9.17, 15) is 0 Å². The summed E-state index contributed by atoms with van der Waals surface area (Å²) in [4.78, 5) is 5.13. The second-order valence-electron chi connectivity index (χ2n) is 6.32. The Hall–Kier alpha value is -0.120. The zero-order valence-electron chi connectivity index (χ0n) is 13.6. The van der Waals surface area contributed by atoms with E-state index in [2.05, 4.69) is 42.9 Å². The van der Waals surface area contributed by atoms with Gasteiger partial charge in [-0.3, -0.25) is 0 Å². The number of hydrogen-bond acceptors (Lipinski definition) is 3. The average Bonchev–Trinajstić information content (AvgIpc) is 2.36. The summed E-state index contributed by atoms with van der Waals surface area (Å²) in [6, 6.07) is 1.42. The van der Waals surface area contributed by atoms with Crippen LogP contribution in [0.5, 0.6) is 0 Å². The summed E-state index contributed by atoms with van der Waals surface area (Å²) in [5.74, 6) is 0. The van der Waals surface area contributed by atoms with Crippen molar-refractivity contribution in [3.05, 3.63) is 0 Å². The van der Waals surface area contributed by atoms with Crippen LogP contribution in [0.1, 0.15) is 52.9 Å². The second-order valence-corrected chi connectivity index (χ2v) is 6.32. The molecule has 1 aliphatic heterocycles. The molecule has 0 aliphatic carbocycles. The molecular formula is C16H35N3. The minimum atomic E-state index is 0.679. The number of rotatable bonds is 7. The molecule has 0 aromatic carbocycles. The Morgan fingerprint density at radius 2 is 2.05 bits per heavy atom. The summed E-state index contributed by atoms with van der Waals surface area (Å²) in [6.07, 6.45) is 6.58. The average molecular weight is 269 g/mol. The highest BCUT2D eigenvalue weighted by molar-refractivity contribution is 4.72. The van der Waals surface area contributed by atoms with Crippen LogP contribution in [0.4, 0.5) is 0 Å². The standard InChI is InChI=1S/C16H35N3/c1-5-16-9-14-19(13-8-10-17-16)12-7-6-11-18(4)15(2)3/h15-17H,5-14H2,1-4H3. The molecule has 0 aromatic rings. The summed E-state index contributed by atoms with van der Waals surface area (Å²) >= 11 is 0. The Labute approximate surface area is 120 Å². The van der Waals surface area contributed by atoms with E-state index < -0.39 is 0 Å². The van der Waals surface area contributed by atoms with Gasteiger partial charge in [-0.2, -0.15) is 0 Å². The van der Waals surface area contributed by atoms with Crippen molar-refractivity contribution < 1.29 is 0 Å². The molecule has 0 aromatic heterocycles. The van der Waals surface area contributed by atoms with Crippen molar-refractivity contribution in [3.63, 3.8) is 0 Å². The maximum atomic E-state index is 3.65. The van der Waals surface area contributed by atoms with Gasteiger partial charge in [0.15, 0.2) is 0 Å². The van der Waals surface area contributed by atoms with Crippen molar-refractivity contribution >= 4 is 0 Å². The predicted octanol–water partition coefficient (Wildman–Crippen LogP) is 2.57. The molecule has 1 unspecified atom stereocenters. The molecule has 0 amide bonds. The van der Waals surface area contributed by atoms with E-state index in [-0.39, 0.29) is 0 Å². The Balaban J connectivity index is 2.13. The lowest BCUT2D eigenvalue weighted by Crippen LogP contribution is -2.40. The van der Waals surface area contributed by atoms with E-state index >= 15 is 0 Å². The van der Waals surface area contributed by atoms with Gasteiger partial charge in [-0.1, -0.05) is 6.92 Å². The lowest BCUT2D eigenvalue weighted by Gasteiger charge is -2.29. The molecule has 19 heavy (non-hydrogen) atoms. The minimum absolute atomic E-state index is 0.679. The van der Waals surface area contributed by atoms with Gasteiger partial charge in [0.05, 0.1) is 0 Å². The van der Waals surface area contributed by atoms with Crippen molar-refractivity contribution in [3.8, 4) is 0 Å². The van der Waals surface area contributed by atoms with Gasteiger partial charge in [0.1, 0.15) is 0 Å². The number of nitrogens with one attached hydrogen (secondary N) is 1. The zero-order chi connectivity index (χ0) is 14.1. The number of unbranched alkanes of at least 4 members (excludes halogenated alkanes) is 1. The summed E-state index contributed by atoms with van der Waals surface area (Å²) in [5.41, 5.74) is 0. The fraction of sp³-hybridized carbons (Fsp3) is 1.00. The largest absolute Gasteiger partial charge is 0.314 e. The van der Waals surface area contributed by atoms with Crippen LogP contribution in [0.3, 0.4) is 0 Å². The summed E-state index contributed by atoms with van der Waals surface area (Å²) < 4.78 is 0. The van der Waals surface area contributed by atoms with Crippen LogP contribution in [-0.4, -0.2) is 61.7 Å². The molecule has 3 nitrogen and oxygen atoms in total. The first-order valence-electron chi connectivity index (χ1n) is 8.29. The van der Waals surface area contributed by atoms with Gasteiger partial charge in [0.2, 0.25) is 0 Å². The van der Waals surface area contributed by atoms with E-state index in [0.29, 0.717) is 6.04 Å². The fourth-order valence-electron chi connectivity index (χ4n) is 2.69. The first-order valence-corrected chi connectivity index (χ1v) is 8.29. The molecule has 114 valence electrons. The molecule has 1 rings (SSSR count). The molecule has 0 radical (unpaired) electrons. The molecule has 0 spiro atoms. The van der Waals surface area contributed by atoms with Crippen molar-refractivity contribution in [1.29, 1.82) is 0 Å². The molecule has 3 heteroatoms. The molecule has 1 atom stereocenters. The molecule has 1 heterocycles. The van der Waals surface area contributed by atoms with Crippen LogP contribution in [-0.2, 0) is 0 Å². The van der Waals surface area contributed by atoms with Gasteiger partial charge >= 0.3 is 0 Å². The predicted molar refractivity (Wildman–Crippen MR) is 84.8 cm³/mol. The second kappa shape index (κ2) is 9.73. The van der Waals surface area contributed by atoms with Gasteiger partial charge in [-0.15, -0.1) is 0 Å². The van der Waals surface area contributed by atoms with E-state index in [1.807, 2.05) is 0 Å². The van der Waals surface area contributed by atoms with Crippen LogP contribution in [0.15, 0.2) is 0 Å². The van der Waals surface area contributed by atoms with Gasteiger partial charge in [0.25, 0.3) is 0 Å². The maximum Gasteiger partial charge on any atom is 0.00766 e. The van der Waals surface area contributed by atoms with Crippen molar-refractivity contribution in [1.82, 2.24) is 15.1 Å². The van der Waals surface area contributed by atoms with Gasteiger partial charge < -0.3 is 15.1 Å². The third-order valence-corrected chi connectivity index (χ3v) is 4.49. The van der Waals surface area contributed by atoms with Crippen LogP contribution in [0, 0.1) is 0 Å². The first-order chi connectivity index (χ1) is 9.13. The molecule has 0 bridgehead atoms. The molecule has 1 aliphatic rings. The highest BCUT2D eigenvalue weighted by atomic mass is 15.1. The molecule has 1 N–H and O–H groups in total. The summed E-state index contributed by atoms with van der Waals surface area (Å²) in [7, 11) is 2.23. The number of hydrogen-bond donors (Lipinski definition) is 1. The highest BCUT2D eigenvalue weighted by Crippen LogP contribution is 2.07. The molecule has 1 fully saturated rings. The minimum Gasteiger partial charge on any atom is -0.314 e. The van der Waals surface area contributed by atoms with E-state index in [0.717, 1.165) is 6.04 Å². The van der Waals surface area contributed by atoms with E-state index in [1.54, 1.807) is 0 Å². The van der Waals surface area contributed by atoms with Crippen molar-refractivity contribution in [2.75, 3.05) is 39.8 Å². The summed E-state index contributed by atoms with van der Waals surface area (Å²) in [6.45, 7) is 13.1. The van der Waals surface area contributed by atoms with Crippen LogP contribution in [0.25, 0.3) is 0 Å². The van der Waals surface area contributed by atoms with E-state index in [1.165, 1.54) is 64.8 Å². The highest BCUT2D eigenvalue weighted by Gasteiger charge is 2.13. The zero-order valence-corrected chi connectivity index (χ0v) is 13.6. The quantitative estimate of drug-likeness (QED) is 0.717. The van der Waals surface area contributed by atoms with E-state index in [4.69, 9.17) is 0 Å². The van der Waals surface area contributed by atoms with Crippen LogP contribution < -0.4 is 5.32 Å². The lowest BCUT2D eigenvalue weighted by molar-refractivity contribution is 0.217. The fourth-order valence-corrected chi connectivity index (χ4v) is 2.69. The third kappa shape index (κ3) is 7.28. The first kappa shape index (κ1) is 16.9. The molecule has 1 saturated heterocycles. The van der Waals surface area contributed by atoms with Crippen molar-refractivity contribution in [2.24, 2.45) is 0 Å². The Morgan fingerprint density at radius 3 is 2.74 bits per heavy atom.